The molecule has 3 N–H and O–H groups in total. The molecule has 0 bridgehead atoms. The van der Waals surface area contributed by atoms with Crippen molar-refractivity contribution in [2.75, 3.05) is 5.32 Å². The summed E-state index contributed by atoms with van der Waals surface area (Å²) in [6, 6.07) is 6.15. The first-order valence-corrected chi connectivity index (χ1v) is 6.60. The molecule has 7 heteroatoms. The van der Waals surface area contributed by atoms with Gasteiger partial charge in [0.1, 0.15) is 16.5 Å². The molecular weight excluding hydrogens is 353 g/mol. The van der Waals surface area contributed by atoms with Crippen LogP contribution >= 0.6 is 28.1 Å². The van der Waals surface area contributed by atoms with Gasteiger partial charge in [0.2, 0.25) is 0 Å². The van der Waals surface area contributed by atoms with Crippen LogP contribution < -0.4 is 11.1 Å². The summed E-state index contributed by atoms with van der Waals surface area (Å²) in [4.78, 5) is -0.205. The topological polar surface area (TPSA) is 38.0 Å². The van der Waals surface area contributed by atoms with Gasteiger partial charge in [0.25, 0.3) is 0 Å². The van der Waals surface area contributed by atoms with Crippen molar-refractivity contribution >= 4 is 44.5 Å². The minimum atomic E-state index is -0.824. The minimum Gasteiger partial charge on any atom is -0.389 e. The van der Waals surface area contributed by atoms with Crippen LogP contribution in [0.4, 0.5) is 24.5 Å². The second kappa shape index (κ2) is 5.80. The first-order valence-electron chi connectivity index (χ1n) is 5.40. The second-order valence-electron chi connectivity index (χ2n) is 3.90. The molecule has 0 spiro atoms. The summed E-state index contributed by atoms with van der Waals surface area (Å²) in [5.74, 6) is -2.31. The lowest BCUT2D eigenvalue weighted by atomic mass is 10.1. The zero-order chi connectivity index (χ0) is 14.9. The SMILES string of the molecule is NC(=S)c1c(F)cccc1Nc1c(F)cc(Br)cc1F. The van der Waals surface area contributed by atoms with Crippen molar-refractivity contribution in [3.63, 3.8) is 0 Å². The Labute approximate surface area is 126 Å². The van der Waals surface area contributed by atoms with Gasteiger partial charge in [-0.1, -0.05) is 34.2 Å². The van der Waals surface area contributed by atoms with E-state index in [2.05, 4.69) is 21.2 Å². The fourth-order valence-electron chi connectivity index (χ4n) is 1.68. The predicted molar refractivity (Wildman–Crippen MR) is 79.6 cm³/mol. The highest BCUT2D eigenvalue weighted by molar-refractivity contribution is 9.10. The Hall–Kier alpha value is -1.60. The van der Waals surface area contributed by atoms with Gasteiger partial charge in [0, 0.05) is 4.47 Å². The number of nitrogens with one attached hydrogen (secondary N) is 1. The molecule has 0 aliphatic heterocycles. The number of benzene rings is 2. The highest BCUT2D eigenvalue weighted by Gasteiger charge is 2.15. The number of anilines is 2. The van der Waals surface area contributed by atoms with Crippen LogP contribution in [0, 0.1) is 17.5 Å². The lowest BCUT2D eigenvalue weighted by molar-refractivity contribution is 0.589. The number of nitrogens with two attached hydrogens (primary N) is 1. The quantitative estimate of drug-likeness (QED) is 0.803. The van der Waals surface area contributed by atoms with E-state index in [9.17, 15) is 13.2 Å². The predicted octanol–water partition coefficient (Wildman–Crippen LogP) is 4.24. The van der Waals surface area contributed by atoms with Crippen molar-refractivity contribution in [2.24, 2.45) is 5.73 Å². The lowest BCUT2D eigenvalue weighted by Gasteiger charge is -2.13. The summed E-state index contributed by atoms with van der Waals surface area (Å²) in [5.41, 5.74) is 5.02. The molecule has 104 valence electrons. The first-order chi connectivity index (χ1) is 9.40. The summed E-state index contributed by atoms with van der Waals surface area (Å²) < 4.78 is 41.4. The number of rotatable bonds is 3. The van der Waals surface area contributed by atoms with Crippen LogP contribution in [0.1, 0.15) is 5.56 Å². The van der Waals surface area contributed by atoms with Gasteiger partial charge in [-0.2, -0.15) is 0 Å². The Bertz CT molecular complexity index is 668. The maximum Gasteiger partial charge on any atom is 0.150 e. The molecule has 2 nitrogen and oxygen atoms in total. The fourth-order valence-corrected chi connectivity index (χ4v) is 2.28. The van der Waals surface area contributed by atoms with E-state index < -0.39 is 23.1 Å². The molecule has 0 saturated heterocycles. The van der Waals surface area contributed by atoms with Crippen molar-refractivity contribution in [2.45, 2.75) is 0 Å². The molecule has 0 aliphatic carbocycles. The van der Waals surface area contributed by atoms with Crippen molar-refractivity contribution in [3.8, 4) is 0 Å². The molecule has 2 aromatic rings. The van der Waals surface area contributed by atoms with Crippen LogP contribution in [-0.4, -0.2) is 4.99 Å². The molecule has 0 aromatic heterocycles. The van der Waals surface area contributed by atoms with Gasteiger partial charge in [-0.3, -0.25) is 0 Å². The average Bonchev–Trinajstić information content (AvgIpc) is 2.33. The monoisotopic (exact) mass is 360 g/mol. The van der Waals surface area contributed by atoms with Gasteiger partial charge in [-0.05, 0) is 24.3 Å². The Kier molecular flexibility index (Phi) is 4.29. The molecule has 0 heterocycles. The van der Waals surface area contributed by atoms with E-state index in [1.165, 1.54) is 12.1 Å². The van der Waals surface area contributed by atoms with E-state index in [0.717, 1.165) is 18.2 Å². The van der Waals surface area contributed by atoms with E-state index in [1.807, 2.05) is 0 Å². The fraction of sp³-hybridized carbons (Fsp3) is 0. The number of halogens is 4. The van der Waals surface area contributed by atoms with Gasteiger partial charge in [0.15, 0.2) is 11.6 Å². The molecule has 0 unspecified atom stereocenters. The summed E-state index contributed by atoms with van der Waals surface area (Å²) in [5, 5.41) is 2.48. The third-order valence-electron chi connectivity index (χ3n) is 2.53. The van der Waals surface area contributed by atoms with E-state index in [-0.39, 0.29) is 20.7 Å². The van der Waals surface area contributed by atoms with Crippen LogP contribution in [0.3, 0.4) is 0 Å². The normalized spacial score (nSPS) is 10.4. The van der Waals surface area contributed by atoms with Crippen LogP contribution in [0.5, 0.6) is 0 Å². The molecule has 2 rings (SSSR count). The maximum atomic E-state index is 13.7. The Morgan fingerprint density at radius 1 is 1.10 bits per heavy atom. The van der Waals surface area contributed by atoms with Crippen molar-refractivity contribution < 1.29 is 13.2 Å². The smallest absolute Gasteiger partial charge is 0.150 e. The van der Waals surface area contributed by atoms with Crippen LogP contribution in [0.15, 0.2) is 34.8 Å². The largest absolute Gasteiger partial charge is 0.389 e. The molecule has 0 aliphatic rings. The standard InChI is InChI=1S/C13H8BrF3N2S/c14-6-4-8(16)12(9(17)5-6)19-10-3-1-2-7(15)11(10)13(18)20/h1-5,19H,(H2,18,20). The van der Waals surface area contributed by atoms with Crippen molar-refractivity contribution in [1.82, 2.24) is 0 Å². The lowest BCUT2D eigenvalue weighted by Crippen LogP contribution is -2.14. The van der Waals surface area contributed by atoms with Crippen molar-refractivity contribution in [1.29, 1.82) is 0 Å². The second-order valence-corrected chi connectivity index (χ2v) is 5.25. The Morgan fingerprint density at radius 2 is 1.70 bits per heavy atom. The third kappa shape index (κ3) is 2.94. The van der Waals surface area contributed by atoms with Gasteiger partial charge < -0.3 is 11.1 Å². The Balaban J connectivity index is 2.51. The van der Waals surface area contributed by atoms with E-state index >= 15 is 0 Å². The molecule has 0 fully saturated rings. The zero-order valence-electron chi connectivity index (χ0n) is 9.88. The summed E-state index contributed by atoms with van der Waals surface area (Å²) in [6.07, 6.45) is 0. The zero-order valence-corrected chi connectivity index (χ0v) is 12.3. The summed E-state index contributed by atoms with van der Waals surface area (Å²) >= 11 is 7.72. The van der Waals surface area contributed by atoms with Gasteiger partial charge >= 0.3 is 0 Å². The number of hydrogen-bond donors (Lipinski definition) is 2. The number of hydrogen-bond acceptors (Lipinski definition) is 2. The van der Waals surface area contributed by atoms with E-state index in [0.29, 0.717) is 0 Å². The highest BCUT2D eigenvalue weighted by Crippen LogP contribution is 2.29. The first kappa shape index (κ1) is 14.8. The van der Waals surface area contributed by atoms with Gasteiger partial charge in [-0.15, -0.1) is 0 Å². The summed E-state index contributed by atoms with van der Waals surface area (Å²) in [7, 11) is 0. The molecule has 0 amide bonds. The van der Waals surface area contributed by atoms with E-state index in [4.69, 9.17) is 18.0 Å². The molecule has 0 atom stereocenters. The maximum absolute atomic E-state index is 13.7. The van der Waals surface area contributed by atoms with Crippen LogP contribution in [-0.2, 0) is 0 Å². The molecule has 2 aromatic carbocycles. The highest BCUT2D eigenvalue weighted by atomic mass is 79.9. The van der Waals surface area contributed by atoms with Crippen molar-refractivity contribution in [3.05, 3.63) is 57.8 Å². The van der Waals surface area contributed by atoms with Crippen LogP contribution in [0.2, 0.25) is 0 Å². The van der Waals surface area contributed by atoms with Crippen LogP contribution in [0.25, 0.3) is 0 Å². The van der Waals surface area contributed by atoms with Gasteiger partial charge in [-0.25, -0.2) is 13.2 Å². The minimum absolute atomic E-state index is 0.0933. The number of thiocarbonyl (C=S) groups is 1. The Morgan fingerprint density at radius 3 is 2.25 bits per heavy atom. The van der Waals surface area contributed by atoms with E-state index in [1.54, 1.807) is 0 Å². The third-order valence-corrected chi connectivity index (χ3v) is 3.19. The summed E-state index contributed by atoms with van der Waals surface area (Å²) in [6.45, 7) is 0. The molecule has 20 heavy (non-hydrogen) atoms. The van der Waals surface area contributed by atoms with Gasteiger partial charge in [0.05, 0.1) is 11.3 Å². The molecule has 0 saturated carbocycles. The molecule has 0 radical (unpaired) electrons. The molecular formula is C13H8BrF3N2S. The average molecular weight is 361 g/mol.